The Morgan fingerprint density at radius 3 is 2.76 bits per heavy atom. The zero-order valence-electron chi connectivity index (χ0n) is 8.98. The SMILES string of the molecule is ClC(CNc1ncncc1I)c1ccccc1. The molecule has 1 unspecified atom stereocenters. The van der Waals surface area contributed by atoms with Crippen molar-refractivity contribution in [1.29, 1.82) is 0 Å². The molecule has 17 heavy (non-hydrogen) atoms. The quantitative estimate of drug-likeness (QED) is 0.671. The third kappa shape index (κ3) is 3.54. The third-order valence-electron chi connectivity index (χ3n) is 2.28. The molecule has 0 radical (unpaired) electrons. The van der Waals surface area contributed by atoms with Crippen LogP contribution in [0.3, 0.4) is 0 Å². The number of nitrogens with one attached hydrogen (secondary N) is 1. The van der Waals surface area contributed by atoms with Gasteiger partial charge in [0.1, 0.15) is 12.1 Å². The van der Waals surface area contributed by atoms with Crippen LogP contribution in [0.2, 0.25) is 0 Å². The lowest BCUT2D eigenvalue weighted by atomic mass is 10.1. The van der Waals surface area contributed by atoms with Crippen LogP contribution >= 0.6 is 34.2 Å². The lowest BCUT2D eigenvalue weighted by Gasteiger charge is -2.12. The van der Waals surface area contributed by atoms with Crippen molar-refractivity contribution in [2.75, 3.05) is 11.9 Å². The van der Waals surface area contributed by atoms with Gasteiger partial charge >= 0.3 is 0 Å². The van der Waals surface area contributed by atoms with Gasteiger partial charge in [-0.3, -0.25) is 0 Å². The standard InChI is InChI=1S/C12H11ClIN3/c13-10(9-4-2-1-3-5-9)6-16-12-11(14)7-15-8-17-12/h1-5,7-8,10H,6H2,(H,15,16,17). The van der Waals surface area contributed by atoms with E-state index in [9.17, 15) is 0 Å². The van der Waals surface area contributed by atoms with Gasteiger partial charge in [-0.15, -0.1) is 11.6 Å². The number of nitrogens with zero attached hydrogens (tertiary/aromatic N) is 2. The number of alkyl halides is 1. The van der Waals surface area contributed by atoms with Gasteiger partial charge in [0.2, 0.25) is 0 Å². The van der Waals surface area contributed by atoms with Crippen molar-refractivity contribution in [3.63, 3.8) is 0 Å². The largest absolute Gasteiger partial charge is 0.367 e. The van der Waals surface area contributed by atoms with Gasteiger partial charge in [0.25, 0.3) is 0 Å². The van der Waals surface area contributed by atoms with E-state index in [0.29, 0.717) is 6.54 Å². The predicted molar refractivity (Wildman–Crippen MR) is 78.3 cm³/mol. The number of aromatic nitrogens is 2. The monoisotopic (exact) mass is 359 g/mol. The number of anilines is 1. The summed E-state index contributed by atoms with van der Waals surface area (Å²) < 4.78 is 0.988. The van der Waals surface area contributed by atoms with Crippen LogP contribution in [0.4, 0.5) is 5.82 Å². The van der Waals surface area contributed by atoms with Crippen molar-refractivity contribution in [3.8, 4) is 0 Å². The van der Waals surface area contributed by atoms with Crippen LogP contribution in [0.5, 0.6) is 0 Å². The number of benzene rings is 1. The average molecular weight is 360 g/mol. The molecule has 0 aliphatic carbocycles. The zero-order chi connectivity index (χ0) is 12.1. The number of halogens is 2. The van der Waals surface area contributed by atoms with Crippen molar-refractivity contribution in [3.05, 3.63) is 52.0 Å². The van der Waals surface area contributed by atoms with Gasteiger partial charge in [-0.1, -0.05) is 30.3 Å². The first kappa shape index (κ1) is 12.6. The maximum absolute atomic E-state index is 6.30. The molecule has 2 aromatic rings. The molecule has 88 valence electrons. The van der Waals surface area contributed by atoms with E-state index in [1.165, 1.54) is 6.33 Å². The first-order valence-corrected chi connectivity index (χ1v) is 6.67. The van der Waals surface area contributed by atoms with Gasteiger partial charge in [-0.05, 0) is 28.2 Å². The predicted octanol–water partition coefficient (Wildman–Crippen LogP) is 3.47. The summed E-state index contributed by atoms with van der Waals surface area (Å²) in [6.45, 7) is 0.637. The van der Waals surface area contributed by atoms with Crippen LogP contribution in [0.15, 0.2) is 42.9 Å². The smallest absolute Gasteiger partial charge is 0.142 e. The summed E-state index contributed by atoms with van der Waals surface area (Å²) in [4.78, 5) is 8.09. The van der Waals surface area contributed by atoms with Crippen molar-refractivity contribution < 1.29 is 0 Å². The second-order valence-corrected chi connectivity index (χ2v) is 5.17. The van der Waals surface area contributed by atoms with Crippen molar-refractivity contribution in [2.45, 2.75) is 5.38 Å². The van der Waals surface area contributed by atoms with Gasteiger partial charge in [0.05, 0.1) is 8.95 Å². The topological polar surface area (TPSA) is 37.8 Å². The molecule has 0 saturated carbocycles. The maximum Gasteiger partial charge on any atom is 0.142 e. The Labute approximate surface area is 119 Å². The minimum Gasteiger partial charge on any atom is -0.367 e. The highest BCUT2D eigenvalue weighted by Crippen LogP contribution is 2.21. The van der Waals surface area contributed by atoms with E-state index >= 15 is 0 Å². The fourth-order valence-electron chi connectivity index (χ4n) is 1.41. The second-order valence-electron chi connectivity index (χ2n) is 3.48. The van der Waals surface area contributed by atoms with Gasteiger partial charge in [0.15, 0.2) is 0 Å². The van der Waals surface area contributed by atoms with E-state index in [1.807, 2.05) is 30.3 Å². The van der Waals surface area contributed by atoms with Crippen LogP contribution in [0.25, 0.3) is 0 Å². The second kappa shape index (κ2) is 6.16. The van der Waals surface area contributed by atoms with Gasteiger partial charge in [0, 0.05) is 12.7 Å². The molecule has 1 N–H and O–H groups in total. The van der Waals surface area contributed by atoms with E-state index in [1.54, 1.807) is 6.20 Å². The number of rotatable bonds is 4. The molecule has 3 nitrogen and oxygen atoms in total. The molecular weight excluding hydrogens is 349 g/mol. The molecule has 0 fully saturated rings. The summed E-state index contributed by atoms with van der Waals surface area (Å²) in [6, 6.07) is 9.99. The Balaban J connectivity index is 1.97. The molecule has 0 bridgehead atoms. The Morgan fingerprint density at radius 1 is 1.29 bits per heavy atom. The third-order valence-corrected chi connectivity index (χ3v) is 3.47. The van der Waals surface area contributed by atoms with Crippen LogP contribution < -0.4 is 5.32 Å². The summed E-state index contributed by atoms with van der Waals surface area (Å²) in [5.74, 6) is 0.821. The first-order valence-electron chi connectivity index (χ1n) is 5.16. The van der Waals surface area contributed by atoms with Crippen molar-refractivity contribution in [2.24, 2.45) is 0 Å². The van der Waals surface area contributed by atoms with Crippen LogP contribution in [-0.4, -0.2) is 16.5 Å². The van der Waals surface area contributed by atoms with Gasteiger partial charge < -0.3 is 5.32 Å². The van der Waals surface area contributed by atoms with E-state index in [4.69, 9.17) is 11.6 Å². The molecule has 5 heteroatoms. The average Bonchev–Trinajstić information content (AvgIpc) is 2.38. The van der Waals surface area contributed by atoms with E-state index in [0.717, 1.165) is 15.0 Å². The molecule has 2 rings (SSSR count). The zero-order valence-corrected chi connectivity index (χ0v) is 11.9. The molecular formula is C12H11ClIN3. The molecule has 0 spiro atoms. The molecule has 1 aromatic carbocycles. The highest BCUT2D eigenvalue weighted by molar-refractivity contribution is 14.1. The highest BCUT2D eigenvalue weighted by Gasteiger charge is 2.08. The summed E-state index contributed by atoms with van der Waals surface area (Å²) in [7, 11) is 0. The Morgan fingerprint density at radius 2 is 2.06 bits per heavy atom. The van der Waals surface area contributed by atoms with Gasteiger partial charge in [-0.25, -0.2) is 9.97 Å². The number of hydrogen-bond acceptors (Lipinski definition) is 3. The fourth-order valence-corrected chi connectivity index (χ4v) is 2.12. The van der Waals surface area contributed by atoms with Crippen LogP contribution in [0, 0.1) is 3.57 Å². The molecule has 0 aliphatic heterocycles. The molecule has 0 saturated heterocycles. The first-order chi connectivity index (χ1) is 8.27. The summed E-state index contributed by atoms with van der Waals surface area (Å²) >= 11 is 8.49. The lowest BCUT2D eigenvalue weighted by molar-refractivity contribution is 0.960. The summed E-state index contributed by atoms with van der Waals surface area (Å²) in [5, 5.41) is 3.15. The van der Waals surface area contributed by atoms with Crippen molar-refractivity contribution in [1.82, 2.24) is 9.97 Å². The van der Waals surface area contributed by atoms with Gasteiger partial charge in [-0.2, -0.15) is 0 Å². The van der Waals surface area contributed by atoms with Crippen LogP contribution in [0.1, 0.15) is 10.9 Å². The Hall–Kier alpha value is -0.880. The minimum absolute atomic E-state index is 0.0676. The molecule has 0 aliphatic rings. The minimum atomic E-state index is -0.0676. The highest BCUT2D eigenvalue weighted by atomic mass is 127. The number of hydrogen-bond donors (Lipinski definition) is 1. The fraction of sp³-hybridized carbons (Fsp3) is 0.167. The molecule has 0 amide bonds. The maximum atomic E-state index is 6.30. The summed E-state index contributed by atoms with van der Waals surface area (Å²) in [5.41, 5.74) is 1.10. The van der Waals surface area contributed by atoms with E-state index in [-0.39, 0.29) is 5.38 Å². The van der Waals surface area contributed by atoms with Crippen LogP contribution in [-0.2, 0) is 0 Å². The molecule has 1 atom stereocenters. The molecule has 1 aromatic heterocycles. The Kier molecular flexibility index (Phi) is 4.56. The Bertz CT molecular complexity index is 478. The van der Waals surface area contributed by atoms with Crippen molar-refractivity contribution >= 4 is 40.0 Å². The summed E-state index contributed by atoms with van der Waals surface area (Å²) in [6.07, 6.45) is 3.29. The molecule has 1 heterocycles. The normalized spacial score (nSPS) is 12.1. The lowest BCUT2D eigenvalue weighted by Crippen LogP contribution is -2.10. The van der Waals surface area contributed by atoms with E-state index in [2.05, 4.69) is 37.9 Å². The van der Waals surface area contributed by atoms with E-state index < -0.39 is 0 Å².